The minimum Gasteiger partial charge on any atom is -0.491 e. The molecule has 0 bridgehead atoms. The van der Waals surface area contributed by atoms with Crippen molar-refractivity contribution < 1.29 is 24.9 Å². The van der Waals surface area contributed by atoms with Crippen LogP contribution in [0.1, 0.15) is 31.4 Å². The lowest BCUT2D eigenvalue weighted by Gasteiger charge is -2.19. The molecule has 0 fully saturated rings. The van der Waals surface area contributed by atoms with Crippen LogP contribution >= 0.6 is 0 Å². The van der Waals surface area contributed by atoms with Gasteiger partial charge in [-0.05, 0) is 36.5 Å². The Bertz CT molecular complexity index is 469. The zero-order valence-corrected chi connectivity index (χ0v) is 12.1. The second-order valence-electron chi connectivity index (χ2n) is 4.88. The van der Waals surface area contributed by atoms with Gasteiger partial charge < -0.3 is 20.1 Å². The van der Waals surface area contributed by atoms with Crippen LogP contribution in [0.25, 0.3) is 0 Å². The van der Waals surface area contributed by atoms with Crippen LogP contribution in [0.15, 0.2) is 36.4 Å². The molecule has 0 heterocycles. The molecule has 3 N–H and O–H groups in total. The highest BCUT2D eigenvalue weighted by Crippen LogP contribution is 2.27. The van der Waals surface area contributed by atoms with Gasteiger partial charge in [0.05, 0.1) is 12.7 Å². The van der Waals surface area contributed by atoms with Crippen molar-refractivity contribution in [2.75, 3.05) is 13.2 Å². The van der Waals surface area contributed by atoms with Crippen molar-refractivity contribution in [1.82, 2.24) is 0 Å². The Labute approximate surface area is 124 Å². The molecular weight excluding hydrogens is 272 g/mol. The largest absolute Gasteiger partial charge is 0.491 e. The first kappa shape index (κ1) is 17.2. The molecule has 0 spiro atoms. The molecule has 0 radical (unpaired) electrons. The van der Waals surface area contributed by atoms with E-state index in [1.807, 2.05) is 13.0 Å². The van der Waals surface area contributed by atoms with Crippen LogP contribution in [0.5, 0.6) is 5.75 Å². The van der Waals surface area contributed by atoms with E-state index in [-0.39, 0.29) is 19.1 Å². The minimum absolute atomic E-state index is 0.00321. The van der Waals surface area contributed by atoms with Crippen LogP contribution in [-0.4, -0.2) is 34.5 Å². The Hall–Kier alpha value is -1.85. The van der Waals surface area contributed by atoms with E-state index in [1.165, 1.54) is 0 Å². The van der Waals surface area contributed by atoms with Crippen molar-refractivity contribution in [2.45, 2.75) is 25.9 Å². The third-order valence-electron chi connectivity index (χ3n) is 3.15. The molecule has 1 aromatic rings. The summed E-state index contributed by atoms with van der Waals surface area (Å²) in [6.07, 6.45) is 3.35. The van der Waals surface area contributed by atoms with Gasteiger partial charge in [0.15, 0.2) is 0 Å². The molecule has 0 saturated carbocycles. The van der Waals surface area contributed by atoms with Gasteiger partial charge in [-0.2, -0.15) is 0 Å². The smallest absolute Gasteiger partial charge is 0.327 e. The van der Waals surface area contributed by atoms with Gasteiger partial charge in [0.25, 0.3) is 0 Å². The highest BCUT2D eigenvalue weighted by Gasteiger charge is 2.16. The number of carbonyl (C=O) groups is 1. The molecular formula is C16H22O5. The third-order valence-corrected chi connectivity index (χ3v) is 3.15. The fourth-order valence-corrected chi connectivity index (χ4v) is 1.98. The Morgan fingerprint density at radius 2 is 2.19 bits per heavy atom. The number of rotatable bonds is 9. The number of allylic oxidation sites excluding steroid dienone is 1. The highest BCUT2D eigenvalue weighted by atomic mass is 16.5. The number of hydrogen-bond acceptors (Lipinski definition) is 4. The summed E-state index contributed by atoms with van der Waals surface area (Å²) in [7, 11) is 0. The average molecular weight is 294 g/mol. The van der Waals surface area contributed by atoms with E-state index in [4.69, 9.17) is 14.9 Å². The van der Waals surface area contributed by atoms with Gasteiger partial charge in [-0.15, -0.1) is 0 Å². The molecule has 0 saturated heterocycles. The Balaban J connectivity index is 2.56. The quantitative estimate of drug-likeness (QED) is 0.607. The number of aliphatic hydroxyl groups is 2. The normalized spacial score (nSPS) is 14.0. The SMILES string of the molecule is C[C@H](CC/C=C/C(=O)O)[C@H](O)c1cccc(OCCO)c1. The molecule has 0 aliphatic heterocycles. The molecule has 0 aliphatic carbocycles. The average Bonchev–Trinajstić information content (AvgIpc) is 2.48. The highest BCUT2D eigenvalue weighted by molar-refractivity contribution is 5.79. The summed E-state index contributed by atoms with van der Waals surface area (Å²) in [6.45, 7) is 2.08. The lowest BCUT2D eigenvalue weighted by atomic mass is 9.93. The van der Waals surface area contributed by atoms with Gasteiger partial charge >= 0.3 is 5.97 Å². The maximum absolute atomic E-state index is 10.4. The number of carboxylic acids is 1. The molecule has 0 aliphatic rings. The summed E-state index contributed by atoms with van der Waals surface area (Å²) in [4.78, 5) is 10.4. The van der Waals surface area contributed by atoms with Gasteiger partial charge in [-0.1, -0.05) is 25.1 Å². The third kappa shape index (κ3) is 6.42. The number of hydrogen-bond donors (Lipinski definition) is 3. The minimum atomic E-state index is -0.961. The summed E-state index contributed by atoms with van der Waals surface area (Å²) in [5, 5.41) is 27.5. The van der Waals surface area contributed by atoms with E-state index in [0.717, 1.165) is 11.6 Å². The van der Waals surface area contributed by atoms with E-state index in [2.05, 4.69) is 0 Å². The van der Waals surface area contributed by atoms with E-state index in [9.17, 15) is 9.90 Å². The maximum Gasteiger partial charge on any atom is 0.327 e. The molecule has 0 amide bonds. The van der Waals surface area contributed by atoms with E-state index in [1.54, 1.807) is 24.3 Å². The van der Waals surface area contributed by atoms with E-state index in [0.29, 0.717) is 18.6 Å². The second-order valence-corrected chi connectivity index (χ2v) is 4.88. The van der Waals surface area contributed by atoms with Crippen molar-refractivity contribution in [3.63, 3.8) is 0 Å². The van der Waals surface area contributed by atoms with Gasteiger partial charge in [-0.25, -0.2) is 4.79 Å². The molecule has 2 atom stereocenters. The van der Waals surface area contributed by atoms with Crippen LogP contribution in [0.2, 0.25) is 0 Å². The van der Waals surface area contributed by atoms with Gasteiger partial charge in [0, 0.05) is 6.08 Å². The summed E-state index contributed by atoms with van der Waals surface area (Å²) in [6, 6.07) is 7.14. The first-order chi connectivity index (χ1) is 10.0. The monoisotopic (exact) mass is 294 g/mol. The van der Waals surface area contributed by atoms with E-state index < -0.39 is 12.1 Å². The van der Waals surface area contributed by atoms with Crippen LogP contribution in [0.3, 0.4) is 0 Å². The number of benzene rings is 1. The van der Waals surface area contributed by atoms with Crippen molar-refractivity contribution >= 4 is 5.97 Å². The predicted octanol–water partition coefficient (Wildman–Crippen LogP) is 2.15. The van der Waals surface area contributed by atoms with Crippen molar-refractivity contribution in [1.29, 1.82) is 0 Å². The molecule has 5 heteroatoms. The van der Waals surface area contributed by atoms with Crippen LogP contribution < -0.4 is 4.74 Å². The van der Waals surface area contributed by atoms with Crippen molar-refractivity contribution in [3.05, 3.63) is 42.0 Å². The number of carboxylic acid groups (broad SMARTS) is 1. The van der Waals surface area contributed by atoms with Gasteiger partial charge in [0.2, 0.25) is 0 Å². The zero-order chi connectivity index (χ0) is 15.7. The summed E-state index contributed by atoms with van der Waals surface area (Å²) >= 11 is 0. The van der Waals surface area contributed by atoms with Crippen molar-refractivity contribution in [3.8, 4) is 5.75 Å². The second kappa shape index (κ2) is 9.15. The van der Waals surface area contributed by atoms with Gasteiger partial charge in [0.1, 0.15) is 12.4 Å². The van der Waals surface area contributed by atoms with E-state index >= 15 is 0 Å². The predicted molar refractivity (Wildman–Crippen MR) is 79.2 cm³/mol. The Morgan fingerprint density at radius 3 is 2.86 bits per heavy atom. The first-order valence-electron chi connectivity index (χ1n) is 6.95. The fraction of sp³-hybridized carbons (Fsp3) is 0.438. The molecule has 1 rings (SSSR count). The number of aliphatic hydroxyl groups excluding tert-OH is 2. The summed E-state index contributed by atoms with van der Waals surface area (Å²) < 4.78 is 5.31. The molecule has 21 heavy (non-hydrogen) atoms. The molecule has 1 aromatic carbocycles. The molecule has 0 unspecified atom stereocenters. The maximum atomic E-state index is 10.4. The van der Waals surface area contributed by atoms with Crippen LogP contribution in [0, 0.1) is 5.92 Å². The lowest BCUT2D eigenvalue weighted by molar-refractivity contribution is -0.131. The fourth-order valence-electron chi connectivity index (χ4n) is 1.98. The summed E-state index contributed by atoms with van der Waals surface area (Å²) in [5.74, 6) is -0.355. The van der Waals surface area contributed by atoms with Crippen LogP contribution in [-0.2, 0) is 4.79 Å². The zero-order valence-electron chi connectivity index (χ0n) is 12.1. The topological polar surface area (TPSA) is 87.0 Å². The number of ether oxygens (including phenoxy) is 1. The standard InChI is InChI=1S/C16H22O5/c1-12(5-2-3-8-15(18)19)16(20)13-6-4-7-14(11-13)21-10-9-17/h3-4,6-8,11-12,16-17,20H,2,5,9-10H2,1H3,(H,18,19)/b8-3+/t12-,16+/m1/s1. The Morgan fingerprint density at radius 1 is 1.43 bits per heavy atom. The first-order valence-corrected chi connectivity index (χ1v) is 6.95. The molecule has 0 aromatic heterocycles. The van der Waals surface area contributed by atoms with Crippen molar-refractivity contribution in [2.24, 2.45) is 5.92 Å². The van der Waals surface area contributed by atoms with Gasteiger partial charge in [-0.3, -0.25) is 0 Å². The number of aliphatic carboxylic acids is 1. The van der Waals surface area contributed by atoms with Crippen LogP contribution in [0.4, 0.5) is 0 Å². The lowest BCUT2D eigenvalue weighted by Crippen LogP contribution is -2.09. The Kier molecular flexibility index (Phi) is 7.50. The molecule has 5 nitrogen and oxygen atoms in total. The molecule has 116 valence electrons. The summed E-state index contributed by atoms with van der Waals surface area (Å²) in [5.41, 5.74) is 0.750.